The number of hydrogen-bond donors (Lipinski definition) is 1. The molecule has 0 unspecified atom stereocenters. The highest BCUT2D eigenvalue weighted by molar-refractivity contribution is 6.38. The zero-order valence-corrected chi connectivity index (χ0v) is 15.5. The zero-order valence-electron chi connectivity index (χ0n) is 14.7. The van der Waals surface area contributed by atoms with E-state index in [2.05, 4.69) is 6.07 Å². The lowest BCUT2D eigenvalue weighted by Crippen LogP contribution is -2.08. The van der Waals surface area contributed by atoms with Gasteiger partial charge in [-0.1, -0.05) is 17.7 Å². The fourth-order valence-electron chi connectivity index (χ4n) is 3.34. The summed E-state index contributed by atoms with van der Waals surface area (Å²) >= 11 is 6.48. The minimum absolute atomic E-state index is 0.0816. The van der Waals surface area contributed by atoms with Crippen molar-refractivity contribution in [3.63, 3.8) is 0 Å². The standard InChI is InChI=1S/C21H20ClNO3/c1-12(2)26-16-8-6-15(7-9-16)23-18-10-5-14(13-3-4-13)11-17(18)19(22)20(23)21(24)25/h5-13H,3-4H2,1-2H3,(H,24,25). The first-order chi connectivity index (χ1) is 12.5. The molecule has 1 aliphatic rings. The minimum atomic E-state index is -1.04. The molecular formula is C21H20ClNO3. The SMILES string of the molecule is CC(C)Oc1ccc(-n2c(C(=O)O)c(Cl)c3cc(C4CC4)ccc32)cc1. The summed E-state index contributed by atoms with van der Waals surface area (Å²) in [5.41, 5.74) is 2.87. The topological polar surface area (TPSA) is 51.5 Å². The molecule has 0 bridgehead atoms. The van der Waals surface area contributed by atoms with Gasteiger partial charge in [0.1, 0.15) is 5.75 Å². The van der Waals surface area contributed by atoms with Gasteiger partial charge in [-0.3, -0.25) is 0 Å². The third-order valence-electron chi connectivity index (χ3n) is 4.65. The number of aromatic carboxylic acids is 1. The normalized spacial score (nSPS) is 14.2. The molecule has 1 aromatic heterocycles. The largest absolute Gasteiger partial charge is 0.491 e. The van der Waals surface area contributed by atoms with Gasteiger partial charge < -0.3 is 14.4 Å². The van der Waals surface area contributed by atoms with E-state index in [9.17, 15) is 9.90 Å². The van der Waals surface area contributed by atoms with Gasteiger partial charge in [-0.15, -0.1) is 0 Å². The molecule has 0 saturated heterocycles. The van der Waals surface area contributed by atoms with Gasteiger partial charge in [0, 0.05) is 11.1 Å². The number of carbonyl (C=O) groups is 1. The predicted octanol–water partition coefficient (Wildman–Crippen LogP) is 5.65. The second-order valence-corrected chi connectivity index (χ2v) is 7.39. The number of benzene rings is 2. The van der Waals surface area contributed by atoms with Crippen molar-refractivity contribution in [2.24, 2.45) is 0 Å². The molecule has 26 heavy (non-hydrogen) atoms. The Labute approximate surface area is 157 Å². The van der Waals surface area contributed by atoms with Gasteiger partial charge in [-0.25, -0.2) is 4.79 Å². The summed E-state index contributed by atoms with van der Waals surface area (Å²) < 4.78 is 7.38. The van der Waals surface area contributed by atoms with Gasteiger partial charge in [0.05, 0.1) is 16.6 Å². The molecule has 0 atom stereocenters. The monoisotopic (exact) mass is 369 g/mol. The lowest BCUT2D eigenvalue weighted by molar-refractivity contribution is 0.0689. The molecule has 0 radical (unpaired) electrons. The maximum Gasteiger partial charge on any atom is 0.354 e. The van der Waals surface area contributed by atoms with Crippen molar-refractivity contribution in [3.8, 4) is 11.4 Å². The van der Waals surface area contributed by atoms with Gasteiger partial charge in [0.2, 0.25) is 0 Å². The van der Waals surface area contributed by atoms with E-state index in [-0.39, 0.29) is 16.8 Å². The number of carboxylic acids is 1. The number of rotatable bonds is 5. The van der Waals surface area contributed by atoms with Crippen LogP contribution < -0.4 is 4.74 Å². The Hall–Kier alpha value is -2.46. The van der Waals surface area contributed by atoms with Crippen LogP contribution in [0.25, 0.3) is 16.6 Å². The average molecular weight is 370 g/mol. The summed E-state index contributed by atoms with van der Waals surface area (Å²) in [5.74, 6) is 0.292. The van der Waals surface area contributed by atoms with Crippen molar-refractivity contribution in [1.82, 2.24) is 4.57 Å². The van der Waals surface area contributed by atoms with E-state index in [4.69, 9.17) is 16.3 Å². The van der Waals surface area contributed by atoms with Crippen LogP contribution in [-0.2, 0) is 0 Å². The van der Waals surface area contributed by atoms with E-state index in [1.54, 1.807) is 4.57 Å². The Morgan fingerprint density at radius 3 is 2.46 bits per heavy atom. The molecule has 0 amide bonds. The fourth-order valence-corrected chi connectivity index (χ4v) is 3.66. The second-order valence-electron chi connectivity index (χ2n) is 7.01. The van der Waals surface area contributed by atoms with Crippen LogP contribution >= 0.6 is 11.6 Å². The molecule has 4 nitrogen and oxygen atoms in total. The molecule has 4 rings (SSSR count). The Bertz CT molecular complexity index is 985. The highest BCUT2D eigenvalue weighted by Gasteiger charge is 2.27. The Morgan fingerprint density at radius 2 is 1.88 bits per heavy atom. The molecule has 3 aromatic rings. The molecule has 134 valence electrons. The quantitative estimate of drug-likeness (QED) is 0.632. The van der Waals surface area contributed by atoms with Crippen molar-refractivity contribution in [1.29, 1.82) is 0 Å². The molecule has 2 aromatic carbocycles. The Morgan fingerprint density at radius 1 is 1.19 bits per heavy atom. The van der Waals surface area contributed by atoms with Crippen molar-refractivity contribution in [2.45, 2.75) is 38.7 Å². The molecule has 1 heterocycles. The van der Waals surface area contributed by atoms with E-state index in [1.165, 1.54) is 18.4 Å². The molecule has 0 spiro atoms. The number of nitrogens with zero attached hydrogens (tertiary/aromatic N) is 1. The average Bonchev–Trinajstić information content (AvgIpc) is 3.40. The first kappa shape index (κ1) is 17.0. The van der Waals surface area contributed by atoms with Crippen LogP contribution in [-0.4, -0.2) is 21.7 Å². The van der Waals surface area contributed by atoms with E-state index in [0.717, 1.165) is 22.3 Å². The second kappa shape index (κ2) is 6.36. The molecule has 0 aliphatic heterocycles. The van der Waals surface area contributed by atoms with E-state index in [0.29, 0.717) is 5.92 Å². The number of ether oxygens (including phenoxy) is 1. The summed E-state index contributed by atoms with van der Waals surface area (Å²) in [4.78, 5) is 11.9. The highest BCUT2D eigenvalue weighted by Crippen LogP contribution is 2.43. The van der Waals surface area contributed by atoms with Crippen molar-refractivity contribution >= 4 is 28.5 Å². The van der Waals surface area contributed by atoms with Crippen LogP contribution in [0.15, 0.2) is 42.5 Å². The molecule has 1 fully saturated rings. The maximum absolute atomic E-state index is 11.9. The molecular weight excluding hydrogens is 350 g/mol. The lowest BCUT2D eigenvalue weighted by atomic mass is 10.1. The Balaban J connectivity index is 1.87. The van der Waals surface area contributed by atoms with Crippen molar-refractivity contribution < 1.29 is 14.6 Å². The summed E-state index contributed by atoms with van der Waals surface area (Å²) in [6.07, 6.45) is 2.46. The smallest absolute Gasteiger partial charge is 0.354 e. The van der Waals surface area contributed by atoms with E-state index < -0.39 is 5.97 Å². The number of aromatic nitrogens is 1. The van der Waals surface area contributed by atoms with Crippen LogP contribution in [0.1, 0.15) is 48.7 Å². The van der Waals surface area contributed by atoms with Gasteiger partial charge in [0.25, 0.3) is 0 Å². The van der Waals surface area contributed by atoms with Crippen molar-refractivity contribution in [2.75, 3.05) is 0 Å². The summed E-state index contributed by atoms with van der Waals surface area (Å²) in [5, 5.41) is 10.8. The van der Waals surface area contributed by atoms with E-state index in [1.807, 2.05) is 50.2 Å². The molecule has 1 saturated carbocycles. The molecule has 5 heteroatoms. The van der Waals surface area contributed by atoms with Crippen LogP contribution in [0.3, 0.4) is 0 Å². The predicted molar refractivity (Wildman–Crippen MR) is 103 cm³/mol. The number of halogens is 1. The van der Waals surface area contributed by atoms with Crippen LogP contribution in [0.4, 0.5) is 0 Å². The van der Waals surface area contributed by atoms with E-state index >= 15 is 0 Å². The van der Waals surface area contributed by atoms with Gasteiger partial charge in [0.15, 0.2) is 5.69 Å². The zero-order chi connectivity index (χ0) is 18.4. The van der Waals surface area contributed by atoms with Crippen molar-refractivity contribution in [3.05, 3.63) is 58.7 Å². The minimum Gasteiger partial charge on any atom is -0.491 e. The third-order valence-corrected chi connectivity index (χ3v) is 5.03. The summed E-state index contributed by atoms with van der Waals surface area (Å²) in [6, 6.07) is 13.5. The number of hydrogen-bond acceptors (Lipinski definition) is 2. The summed E-state index contributed by atoms with van der Waals surface area (Å²) in [7, 11) is 0. The first-order valence-electron chi connectivity index (χ1n) is 8.80. The first-order valence-corrected chi connectivity index (χ1v) is 9.17. The van der Waals surface area contributed by atoms with Gasteiger partial charge in [-0.2, -0.15) is 0 Å². The third kappa shape index (κ3) is 2.95. The fraction of sp³-hybridized carbons (Fsp3) is 0.286. The number of carboxylic acid groups (broad SMARTS) is 1. The summed E-state index contributed by atoms with van der Waals surface area (Å²) in [6.45, 7) is 3.93. The van der Waals surface area contributed by atoms with Crippen LogP contribution in [0.5, 0.6) is 5.75 Å². The lowest BCUT2D eigenvalue weighted by Gasteiger charge is -2.12. The molecule has 1 aliphatic carbocycles. The van der Waals surface area contributed by atoms with Crippen LogP contribution in [0.2, 0.25) is 5.02 Å². The molecule has 1 N–H and O–H groups in total. The maximum atomic E-state index is 11.9. The number of fused-ring (bicyclic) bond motifs is 1. The highest BCUT2D eigenvalue weighted by atomic mass is 35.5. The Kier molecular flexibility index (Phi) is 4.16. The van der Waals surface area contributed by atoms with Gasteiger partial charge >= 0.3 is 5.97 Å². The van der Waals surface area contributed by atoms with Gasteiger partial charge in [-0.05, 0) is 74.6 Å². The van der Waals surface area contributed by atoms with Crippen LogP contribution in [0, 0.1) is 0 Å².